The Morgan fingerprint density at radius 1 is 1.62 bits per heavy atom. The maximum absolute atomic E-state index is 10.7. The summed E-state index contributed by atoms with van der Waals surface area (Å²) in [5.41, 5.74) is 0. The first-order valence-electron chi connectivity index (χ1n) is 4.88. The van der Waals surface area contributed by atoms with Crippen molar-refractivity contribution in [3.63, 3.8) is 0 Å². The third-order valence-corrected chi connectivity index (χ3v) is 3.44. The molecule has 86 valence electrons. The zero-order chi connectivity index (χ0) is 11.5. The van der Waals surface area contributed by atoms with Crippen molar-refractivity contribution in [2.24, 2.45) is 5.92 Å². The van der Waals surface area contributed by atoms with Crippen molar-refractivity contribution in [3.05, 3.63) is 21.9 Å². The molecule has 0 radical (unpaired) electrons. The summed E-state index contributed by atoms with van der Waals surface area (Å²) in [5, 5.41) is 11.4. The molecule has 1 amide bonds. The van der Waals surface area contributed by atoms with Crippen LogP contribution >= 0.6 is 11.3 Å². The van der Waals surface area contributed by atoms with Gasteiger partial charge in [0.1, 0.15) is 4.88 Å². The fraction of sp³-hybridized carbons (Fsp3) is 0.400. The number of carboxylic acid groups (broad SMARTS) is 1. The minimum atomic E-state index is -0.899. The van der Waals surface area contributed by atoms with Gasteiger partial charge in [-0.15, -0.1) is 11.3 Å². The largest absolute Gasteiger partial charge is 0.477 e. The molecule has 0 bridgehead atoms. The molecule has 2 N–H and O–H groups in total. The monoisotopic (exact) mass is 241 g/mol. The molecule has 0 unspecified atom stereocenters. The van der Waals surface area contributed by atoms with Gasteiger partial charge in [0.2, 0.25) is 0 Å². The van der Waals surface area contributed by atoms with Crippen molar-refractivity contribution in [1.29, 1.82) is 0 Å². The lowest BCUT2D eigenvalue weighted by Crippen LogP contribution is -2.39. The second kappa shape index (κ2) is 4.52. The van der Waals surface area contributed by atoms with Crippen LogP contribution in [0.2, 0.25) is 0 Å². The Bertz CT molecular complexity index is 405. The number of cyclic esters (lactones) is 1. The van der Waals surface area contributed by atoms with Gasteiger partial charge >= 0.3 is 12.1 Å². The molecule has 0 aromatic carbocycles. The number of hydrogen-bond acceptors (Lipinski definition) is 4. The van der Waals surface area contributed by atoms with Gasteiger partial charge in [0.25, 0.3) is 0 Å². The summed E-state index contributed by atoms with van der Waals surface area (Å²) in [6.45, 7) is 0.977. The smallest absolute Gasteiger partial charge is 0.407 e. The van der Waals surface area contributed by atoms with Crippen molar-refractivity contribution >= 4 is 23.4 Å². The van der Waals surface area contributed by atoms with Crippen LogP contribution in [0.25, 0.3) is 0 Å². The first kappa shape index (κ1) is 10.9. The number of carbonyl (C=O) groups excluding carboxylic acids is 1. The minimum Gasteiger partial charge on any atom is -0.477 e. The number of nitrogens with one attached hydrogen (secondary N) is 1. The van der Waals surface area contributed by atoms with E-state index < -0.39 is 5.97 Å². The molecule has 16 heavy (non-hydrogen) atoms. The van der Waals surface area contributed by atoms with Gasteiger partial charge in [-0.1, -0.05) is 0 Å². The Labute approximate surface area is 96.0 Å². The normalized spacial score (nSPS) is 20.0. The average molecular weight is 241 g/mol. The molecule has 0 saturated carbocycles. The van der Waals surface area contributed by atoms with Crippen LogP contribution in [-0.4, -0.2) is 30.3 Å². The summed E-state index contributed by atoms with van der Waals surface area (Å²) in [6, 6.07) is 3.41. The van der Waals surface area contributed by atoms with Gasteiger partial charge in [-0.05, 0) is 18.6 Å². The number of rotatable bonds is 3. The van der Waals surface area contributed by atoms with Gasteiger partial charge < -0.3 is 15.2 Å². The highest BCUT2D eigenvalue weighted by atomic mass is 32.1. The van der Waals surface area contributed by atoms with Crippen LogP contribution in [0.5, 0.6) is 0 Å². The molecule has 1 fully saturated rings. The van der Waals surface area contributed by atoms with Crippen LogP contribution in [-0.2, 0) is 11.2 Å². The van der Waals surface area contributed by atoms with Crippen LogP contribution in [0.15, 0.2) is 12.1 Å². The molecule has 1 saturated heterocycles. The molecule has 1 aromatic rings. The van der Waals surface area contributed by atoms with E-state index in [9.17, 15) is 9.59 Å². The predicted octanol–water partition coefficient (Wildman–Crippen LogP) is 1.34. The highest BCUT2D eigenvalue weighted by molar-refractivity contribution is 7.13. The summed E-state index contributed by atoms with van der Waals surface area (Å²) < 4.78 is 4.86. The number of hydrogen-bond donors (Lipinski definition) is 2. The van der Waals surface area contributed by atoms with E-state index in [1.807, 2.05) is 6.07 Å². The highest BCUT2D eigenvalue weighted by Gasteiger charge is 2.20. The second-order valence-corrected chi connectivity index (χ2v) is 4.79. The molecule has 1 aliphatic heterocycles. The molecular weight excluding hydrogens is 230 g/mol. The third-order valence-electron chi connectivity index (χ3n) is 2.35. The average Bonchev–Trinajstić information content (AvgIpc) is 2.70. The molecule has 2 rings (SSSR count). The van der Waals surface area contributed by atoms with Crippen LogP contribution in [0.1, 0.15) is 14.5 Å². The lowest BCUT2D eigenvalue weighted by atomic mass is 10.1. The van der Waals surface area contributed by atoms with Gasteiger partial charge in [0, 0.05) is 17.3 Å². The third kappa shape index (κ3) is 2.52. The molecule has 0 aliphatic carbocycles. The van der Waals surface area contributed by atoms with Gasteiger partial charge in [-0.3, -0.25) is 0 Å². The number of thiophene rings is 1. The Morgan fingerprint density at radius 3 is 3.00 bits per heavy atom. The number of amides is 1. The van der Waals surface area contributed by atoms with Crippen LogP contribution in [0, 0.1) is 5.92 Å². The van der Waals surface area contributed by atoms with Gasteiger partial charge in [0.05, 0.1) is 6.61 Å². The van der Waals surface area contributed by atoms with Gasteiger partial charge in [0.15, 0.2) is 0 Å². The molecule has 1 atom stereocenters. The number of ether oxygens (including phenoxy) is 1. The standard InChI is InChI=1S/C10H11NO4S/c12-9(13)8-2-1-7(16-8)3-6-4-11-10(14)15-5-6/h1-2,6H,3-5H2,(H,11,14)(H,12,13)/t6-/m0/s1. The van der Waals surface area contributed by atoms with Crippen molar-refractivity contribution in [2.75, 3.05) is 13.2 Å². The summed E-state index contributed by atoms with van der Waals surface area (Å²) in [4.78, 5) is 22.8. The Hall–Kier alpha value is -1.56. The van der Waals surface area contributed by atoms with Crippen molar-refractivity contribution in [3.8, 4) is 0 Å². The quantitative estimate of drug-likeness (QED) is 0.837. The first-order valence-corrected chi connectivity index (χ1v) is 5.69. The lowest BCUT2D eigenvalue weighted by molar-refractivity contribution is 0.0702. The van der Waals surface area contributed by atoms with E-state index in [1.54, 1.807) is 6.07 Å². The number of carboxylic acids is 1. The lowest BCUT2D eigenvalue weighted by Gasteiger charge is -2.21. The van der Waals surface area contributed by atoms with Crippen molar-refractivity contribution < 1.29 is 19.4 Å². The van der Waals surface area contributed by atoms with E-state index in [0.717, 1.165) is 11.3 Å². The van der Waals surface area contributed by atoms with E-state index in [0.29, 0.717) is 18.0 Å². The SMILES string of the molecule is O=C1NC[C@H](Cc2ccc(C(=O)O)s2)CO1. The summed E-state index contributed by atoms with van der Waals surface area (Å²) in [6.07, 6.45) is 0.353. The van der Waals surface area contributed by atoms with Crippen LogP contribution in [0.4, 0.5) is 4.79 Å². The van der Waals surface area contributed by atoms with E-state index >= 15 is 0 Å². The maximum atomic E-state index is 10.7. The molecular formula is C10H11NO4S. The van der Waals surface area contributed by atoms with Gasteiger partial charge in [-0.25, -0.2) is 9.59 Å². The molecule has 0 spiro atoms. The van der Waals surface area contributed by atoms with E-state index in [-0.39, 0.29) is 12.0 Å². The number of aromatic carboxylic acids is 1. The summed E-state index contributed by atoms with van der Waals surface area (Å²) in [5.74, 6) is -0.678. The summed E-state index contributed by atoms with van der Waals surface area (Å²) >= 11 is 1.27. The predicted molar refractivity (Wildman–Crippen MR) is 57.8 cm³/mol. The molecule has 1 aliphatic rings. The Balaban J connectivity index is 1.93. The summed E-state index contributed by atoms with van der Waals surface area (Å²) in [7, 11) is 0. The van der Waals surface area contributed by atoms with Crippen molar-refractivity contribution in [1.82, 2.24) is 5.32 Å². The minimum absolute atomic E-state index is 0.220. The van der Waals surface area contributed by atoms with E-state index in [2.05, 4.69) is 5.32 Å². The van der Waals surface area contributed by atoms with Gasteiger partial charge in [-0.2, -0.15) is 0 Å². The second-order valence-electron chi connectivity index (χ2n) is 3.62. The fourth-order valence-corrected chi connectivity index (χ4v) is 2.51. The van der Waals surface area contributed by atoms with E-state index in [1.165, 1.54) is 11.3 Å². The van der Waals surface area contributed by atoms with E-state index in [4.69, 9.17) is 9.84 Å². The van der Waals surface area contributed by atoms with Crippen molar-refractivity contribution in [2.45, 2.75) is 6.42 Å². The molecule has 6 heteroatoms. The topological polar surface area (TPSA) is 75.6 Å². The highest BCUT2D eigenvalue weighted by Crippen LogP contribution is 2.20. The number of carbonyl (C=O) groups is 2. The maximum Gasteiger partial charge on any atom is 0.407 e. The zero-order valence-corrected chi connectivity index (χ0v) is 9.25. The Morgan fingerprint density at radius 2 is 2.44 bits per heavy atom. The zero-order valence-electron chi connectivity index (χ0n) is 8.43. The Kier molecular flexibility index (Phi) is 3.09. The molecule has 2 heterocycles. The van der Waals surface area contributed by atoms with Crippen LogP contribution in [0.3, 0.4) is 0 Å². The number of alkyl carbamates (subject to hydrolysis) is 1. The first-order chi connectivity index (χ1) is 7.65. The fourth-order valence-electron chi connectivity index (χ4n) is 1.55. The molecule has 5 nitrogen and oxygen atoms in total. The van der Waals surface area contributed by atoms with Crippen LogP contribution < -0.4 is 5.32 Å². The molecule has 1 aromatic heterocycles.